The number of nitrogens with zero attached hydrogens (tertiary/aromatic N) is 2. The van der Waals surface area contributed by atoms with Gasteiger partial charge in [0.2, 0.25) is 0 Å². The minimum Gasteiger partial charge on any atom is -0.341 e. The second kappa shape index (κ2) is 4.49. The molecular weight excluding hydrogens is 220 g/mol. The van der Waals surface area contributed by atoms with Crippen LogP contribution in [0.3, 0.4) is 0 Å². The van der Waals surface area contributed by atoms with Gasteiger partial charge in [-0.1, -0.05) is 33.8 Å². The van der Waals surface area contributed by atoms with Gasteiger partial charge in [-0.05, 0) is 29.0 Å². The molecule has 0 N–H and O–H groups in total. The number of rotatable bonds is 2. The molecule has 18 heavy (non-hydrogen) atoms. The number of aromatic nitrogens is 1. The summed E-state index contributed by atoms with van der Waals surface area (Å²) in [5.41, 5.74) is 3.40. The standard InChI is InChI=1S/C16H20N2/c1-10(2)12-6-13-9-18(5)15(8-17)16(13)14(7-12)11(3)4/h6-7,9-11H,1-5H3. The molecule has 0 bridgehead atoms. The van der Waals surface area contributed by atoms with E-state index >= 15 is 0 Å². The van der Waals surface area contributed by atoms with Crippen LogP contribution in [0.4, 0.5) is 0 Å². The normalized spacial score (nSPS) is 11.4. The Morgan fingerprint density at radius 3 is 2.28 bits per heavy atom. The van der Waals surface area contributed by atoms with Crippen LogP contribution in [-0.2, 0) is 7.05 Å². The summed E-state index contributed by atoms with van der Waals surface area (Å²) in [7, 11) is 1.94. The van der Waals surface area contributed by atoms with E-state index in [2.05, 4.69) is 52.1 Å². The van der Waals surface area contributed by atoms with Crippen LogP contribution in [0.1, 0.15) is 56.4 Å². The molecule has 1 heterocycles. The molecule has 0 saturated carbocycles. The summed E-state index contributed by atoms with van der Waals surface area (Å²) < 4.78 is 1.93. The van der Waals surface area contributed by atoms with Crippen molar-refractivity contribution >= 4 is 10.8 Å². The number of nitriles is 1. The van der Waals surface area contributed by atoms with Crippen molar-refractivity contribution in [2.45, 2.75) is 39.5 Å². The van der Waals surface area contributed by atoms with Crippen LogP contribution >= 0.6 is 0 Å². The van der Waals surface area contributed by atoms with Crippen LogP contribution < -0.4 is 0 Å². The predicted octanol–water partition coefficient (Wildman–Crippen LogP) is 4.30. The first-order chi connectivity index (χ1) is 8.45. The monoisotopic (exact) mass is 240 g/mol. The van der Waals surface area contributed by atoms with Crippen molar-refractivity contribution in [2.24, 2.45) is 7.05 Å². The van der Waals surface area contributed by atoms with Gasteiger partial charge in [-0.2, -0.15) is 5.26 Å². The van der Waals surface area contributed by atoms with Crippen LogP contribution in [-0.4, -0.2) is 4.57 Å². The van der Waals surface area contributed by atoms with Crippen molar-refractivity contribution in [1.29, 1.82) is 5.26 Å². The van der Waals surface area contributed by atoms with Gasteiger partial charge in [0, 0.05) is 24.0 Å². The minimum absolute atomic E-state index is 0.431. The largest absolute Gasteiger partial charge is 0.341 e. The summed E-state index contributed by atoms with van der Waals surface area (Å²) in [6.07, 6.45) is 2.06. The summed E-state index contributed by atoms with van der Waals surface area (Å²) >= 11 is 0. The lowest BCUT2D eigenvalue weighted by molar-refractivity contribution is 0.841. The Bertz CT molecular complexity index is 625. The Morgan fingerprint density at radius 2 is 1.78 bits per heavy atom. The summed E-state index contributed by atoms with van der Waals surface area (Å²) in [6.45, 7) is 8.79. The molecule has 0 fully saturated rings. The molecule has 0 aliphatic carbocycles. The molecule has 0 radical (unpaired) electrons. The highest BCUT2D eigenvalue weighted by molar-refractivity contribution is 5.92. The molecule has 0 spiro atoms. The Labute approximate surface area is 109 Å². The van der Waals surface area contributed by atoms with Crippen molar-refractivity contribution in [1.82, 2.24) is 4.57 Å². The van der Waals surface area contributed by atoms with Crippen molar-refractivity contribution in [3.05, 3.63) is 35.2 Å². The molecule has 94 valence electrons. The van der Waals surface area contributed by atoms with Crippen LogP contribution in [0.25, 0.3) is 10.8 Å². The van der Waals surface area contributed by atoms with E-state index in [0.717, 1.165) is 11.1 Å². The van der Waals surface area contributed by atoms with Crippen LogP contribution in [0, 0.1) is 11.3 Å². The summed E-state index contributed by atoms with van der Waals surface area (Å²) in [5.74, 6) is 0.943. The molecule has 0 amide bonds. The van der Waals surface area contributed by atoms with Gasteiger partial charge >= 0.3 is 0 Å². The van der Waals surface area contributed by atoms with Crippen molar-refractivity contribution in [3.63, 3.8) is 0 Å². The maximum absolute atomic E-state index is 9.32. The molecule has 0 saturated heterocycles. The zero-order chi connectivity index (χ0) is 13.4. The van der Waals surface area contributed by atoms with E-state index in [-0.39, 0.29) is 0 Å². The van der Waals surface area contributed by atoms with Gasteiger partial charge in [0.25, 0.3) is 0 Å². The second-order valence-corrected chi connectivity index (χ2v) is 5.58. The van der Waals surface area contributed by atoms with Gasteiger partial charge in [-0.15, -0.1) is 0 Å². The van der Waals surface area contributed by atoms with Gasteiger partial charge in [0.15, 0.2) is 0 Å². The molecule has 1 aromatic heterocycles. The zero-order valence-electron chi connectivity index (χ0n) is 11.8. The highest BCUT2D eigenvalue weighted by Crippen LogP contribution is 2.32. The fourth-order valence-corrected chi connectivity index (χ4v) is 2.46. The topological polar surface area (TPSA) is 28.7 Å². The van der Waals surface area contributed by atoms with Gasteiger partial charge in [-0.25, -0.2) is 0 Å². The molecule has 0 aliphatic rings. The van der Waals surface area contributed by atoms with Crippen molar-refractivity contribution < 1.29 is 0 Å². The highest BCUT2D eigenvalue weighted by Gasteiger charge is 2.15. The lowest BCUT2D eigenvalue weighted by Gasteiger charge is -2.13. The summed E-state index contributed by atoms with van der Waals surface area (Å²) in [4.78, 5) is 0. The fraction of sp³-hybridized carbons (Fsp3) is 0.438. The van der Waals surface area contributed by atoms with E-state index in [1.807, 2.05) is 11.6 Å². The number of hydrogen-bond acceptors (Lipinski definition) is 1. The number of benzene rings is 1. The van der Waals surface area contributed by atoms with Crippen LogP contribution in [0.15, 0.2) is 18.3 Å². The van der Waals surface area contributed by atoms with E-state index in [1.54, 1.807) is 0 Å². The molecule has 2 heteroatoms. The van der Waals surface area contributed by atoms with Gasteiger partial charge in [0.1, 0.15) is 11.8 Å². The first-order valence-electron chi connectivity index (χ1n) is 6.48. The number of fused-ring (bicyclic) bond motifs is 1. The lowest BCUT2D eigenvalue weighted by atomic mass is 9.91. The fourth-order valence-electron chi connectivity index (χ4n) is 2.46. The third-order valence-electron chi connectivity index (χ3n) is 3.54. The van der Waals surface area contributed by atoms with E-state index in [0.29, 0.717) is 11.8 Å². The minimum atomic E-state index is 0.431. The lowest BCUT2D eigenvalue weighted by Crippen LogP contribution is -1.96. The predicted molar refractivity (Wildman–Crippen MR) is 75.8 cm³/mol. The summed E-state index contributed by atoms with van der Waals surface area (Å²) in [6, 6.07) is 6.80. The molecule has 2 nitrogen and oxygen atoms in total. The number of hydrogen-bond donors (Lipinski definition) is 0. The maximum Gasteiger partial charge on any atom is 0.128 e. The van der Waals surface area contributed by atoms with Crippen molar-refractivity contribution in [2.75, 3.05) is 0 Å². The van der Waals surface area contributed by atoms with Crippen LogP contribution in [0.2, 0.25) is 0 Å². The highest BCUT2D eigenvalue weighted by atomic mass is 14.9. The smallest absolute Gasteiger partial charge is 0.128 e. The molecule has 2 aromatic rings. The number of aryl methyl sites for hydroxylation is 1. The molecule has 0 aliphatic heterocycles. The molecule has 0 atom stereocenters. The third-order valence-corrected chi connectivity index (χ3v) is 3.54. The van der Waals surface area contributed by atoms with E-state index in [1.165, 1.54) is 16.5 Å². The van der Waals surface area contributed by atoms with Gasteiger partial charge < -0.3 is 4.57 Å². The molecular formula is C16H20N2. The third kappa shape index (κ3) is 1.90. The van der Waals surface area contributed by atoms with Crippen LogP contribution in [0.5, 0.6) is 0 Å². The molecule has 0 unspecified atom stereocenters. The zero-order valence-corrected chi connectivity index (χ0v) is 11.8. The van der Waals surface area contributed by atoms with E-state index in [4.69, 9.17) is 0 Å². The SMILES string of the molecule is CC(C)c1cc(C(C)C)c2c(C#N)n(C)cc2c1. The van der Waals surface area contributed by atoms with Crippen molar-refractivity contribution in [3.8, 4) is 6.07 Å². The van der Waals surface area contributed by atoms with E-state index < -0.39 is 0 Å². The Hall–Kier alpha value is -1.75. The first kappa shape index (κ1) is 12.7. The average molecular weight is 240 g/mol. The van der Waals surface area contributed by atoms with Gasteiger partial charge in [0.05, 0.1) is 0 Å². The summed E-state index contributed by atoms with van der Waals surface area (Å²) in [5, 5.41) is 11.6. The first-order valence-corrected chi connectivity index (χ1v) is 6.48. The Kier molecular flexibility index (Phi) is 3.17. The Balaban J connectivity index is 2.87. The van der Waals surface area contributed by atoms with E-state index in [9.17, 15) is 5.26 Å². The second-order valence-electron chi connectivity index (χ2n) is 5.58. The quantitative estimate of drug-likeness (QED) is 0.769. The van der Waals surface area contributed by atoms with Gasteiger partial charge in [-0.3, -0.25) is 0 Å². The Morgan fingerprint density at radius 1 is 1.11 bits per heavy atom. The average Bonchev–Trinajstić information content (AvgIpc) is 2.62. The maximum atomic E-state index is 9.32. The molecule has 1 aromatic carbocycles. The molecule has 2 rings (SSSR count).